The fourth-order valence-corrected chi connectivity index (χ4v) is 2.24. The molecule has 0 aliphatic carbocycles. The van der Waals surface area contributed by atoms with Gasteiger partial charge in [-0.2, -0.15) is 0 Å². The fraction of sp³-hybridized carbons (Fsp3) is 0.500. The lowest BCUT2D eigenvalue weighted by Crippen LogP contribution is -2.36. The number of ether oxygens (including phenoxy) is 1. The van der Waals surface area contributed by atoms with Gasteiger partial charge in [-0.3, -0.25) is 0 Å². The van der Waals surface area contributed by atoms with Gasteiger partial charge in [0.1, 0.15) is 5.75 Å². The number of rotatable bonds is 5. The Labute approximate surface area is 115 Å². The zero-order chi connectivity index (χ0) is 13.9. The molecule has 0 amide bonds. The van der Waals surface area contributed by atoms with Crippen molar-refractivity contribution in [2.45, 2.75) is 39.2 Å². The summed E-state index contributed by atoms with van der Waals surface area (Å²) < 4.78 is 5.24. The molecule has 3 heteroatoms. The number of benzene rings is 1. The summed E-state index contributed by atoms with van der Waals surface area (Å²) >= 11 is 0. The average molecular weight is 260 g/mol. The molecule has 1 aromatic carbocycles. The third-order valence-electron chi connectivity index (χ3n) is 3.25. The molecule has 1 aromatic heterocycles. The second-order valence-electron chi connectivity index (χ2n) is 6.01. The standard InChI is InChI=1S/C16H24N2O/c1-16(2,3)18-9-5-6-12-11-17-15-10-13(19-4)7-8-14(12)15/h7-8,10-11,17-18H,5-6,9H2,1-4H3. The van der Waals surface area contributed by atoms with Gasteiger partial charge in [0.2, 0.25) is 0 Å². The molecular formula is C16H24N2O. The summed E-state index contributed by atoms with van der Waals surface area (Å²) in [5.41, 5.74) is 2.74. The fourth-order valence-electron chi connectivity index (χ4n) is 2.24. The van der Waals surface area contributed by atoms with Gasteiger partial charge in [0, 0.05) is 28.7 Å². The third kappa shape index (κ3) is 3.74. The van der Waals surface area contributed by atoms with Crippen LogP contribution in [0.1, 0.15) is 32.8 Å². The zero-order valence-corrected chi connectivity index (χ0v) is 12.3. The Morgan fingerprint density at radius 3 is 2.74 bits per heavy atom. The van der Waals surface area contributed by atoms with Crippen molar-refractivity contribution in [3.8, 4) is 5.75 Å². The largest absolute Gasteiger partial charge is 0.497 e. The van der Waals surface area contributed by atoms with Gasteiger partial charge in [0.25, 0.3) is 0 Å². The summed E-state index contributed by atoms with van der Waals surface area (Å²) in [5.74, 6) is 0.898. The quantitative estimate of drug-likeness (QED) is 0.807. The SMILES string of the molecule is COc1ccc2c(CCCNC(C)(C)C)c[nH]c2c1. The number of aryl methyl sites for hydroxylation is 1. The molecular weight excluding hydrogens is 236 g/mol. The molecule has 3 nitrogen and oxygen atoms in total. The van der Waals surface area contributed by atoms with E-state index in [0.29, 0.717) is 0 Å². The summed E-state index contributed by atoms with van der Waals surface area (Å²) in [7, 11) is 1.70. The van der Waals surface area contributed by atoms with E-state index in [2.05, 4.69) is 43.3 Å². The predicted molar refractivity (Wildman–Crippen MR) is 80.9 cm³/mol. The molecule has 2 aromatic rings. The van der Waals surface area contributed by atoms with Crippen LogP contribution in [0, 0.1) is 0 Å². The van der Waals surface area contributed by atoms with Crippen molar-refractivity contribution < 1.29 is 4.74 Å². The van der Waals surface area contributed by atoms with Crippen molar-refractivity contribution in [2.24, 2.45) is 0 Å². The first-order chi connectivity index (χ1) is 8.99. The highest BCUT2D eigenvalue weighted by molar-refractivity contribution is 5.84. The highest BCUT2D eigenvalue weighted by Gasteiger charge is 2.08. The first kappa shape index (κ1) is 13.9. The lowest BCUT2D eigenvalue weighted by molar-refractivity contribution is 0.415. The molecule has 2 rings (SSSR count). The molecule has 0 aliphatic rings. The summed E-state index contributed by atoms with van der Waals surface area (Å²) in [6, 6.07) is 6.20. The molecule has 0 radical (unpaired) electrons. The summed E-state index contributed by atoms with van der Waals surface area (Å²) in [4.78, 5) is 3.32. The topological polar surface area (TPSA) is 37.0 Å². The van der Waals surface area contributed by atoms with Gasteiger partial charge in [0.05, 0.1) is 7.11 Å². The molecule has 0 unspecified atom stereocenters. The maximum absolute atomic E-state index is 5.24. The number of hydrogen-bond acceptors (Lipinski definition) is 2. The van der Waals surface area contributed by atoms with Gasteiger partial charge in [-0.25, -0.2) is 0 Å². The van der Waals surface area contributed by atoms with Crippen molar-refractivity contribution in [1.82, 2.24) is 10.3 Å². The minimum Gasteiger partial charge on any atom is -0.497 e. The Hall–Kier alpha value is -1.48. The predicted octanol–water partition coefficient (Wildman–Crippen LogP) is 3.50. The first-order valence-corrected chi connectivity index (χ1v) is 6.88. The van der Waals surface area contributed by atoms with Gasteiger partial charge < -0.3 is 15.0 Å². The van der Waals surface area contributed by atoms with Gasteiger partial charge in [-0.05, 0) is 57.9 Å². The Morgan fingerprint density at radius 2 is 2.05 bits per heavy atom. The van der Waals surface area contributed by atoms with Crippen LogP contribution in [0.3, 0.4) is 0 Å². The minimum absolute atomic E-state index is 0.202. The van der Waals surface area contributed by atoms with E-state index in [9.17, 15) is 0 Å². The molecule has 0 spiro atoms. The van der Waals surface area contributed by atoms with Crippen molar-refractivity contribution >= 4 is 10.9 Å². The van der Waals surface area contributed by atoms with Crippen LogP contribution in [-0.4, -0.2) is 24.2 Å². The Morgan fingerprint density at radius 1 is 1.26 bits per heavy atom. The number of aromatic nitrogens is 1. The van der Waals surface area contributed by atoms with E-state index in [1.165, 1.54) is 10.9 Å². The molecule has 0 aliphatic heterocycles. The van der Waals surface area contributed by atoms with E-state index in [1.54, 1.807) is 7.11 Å². The van der Waals surface area contributed by atoms with Crippen LogP contribution < -0.4 is 10.1 Å². The summed E-state index contributed by atoms with van der Waals surface area (Å²) in [5, 5.41) is 4.82. The second kappa shape index (κ2) is 5.66. The Balaban J connectivity index is 1.98. The van der Waals surface area contributed by atoms with E-state index in [4.69, 9.17) is 4.74 Å². The Bertz CT molecular complexity index is 537. The number of aromatic amines is 1. The number of nitrogens with one attached hydrogen (secondary N) is 2. The number of H-pyrrole nitrogens is 1. The second-order valence-corrected chi connectivity index (χ2v) is 6.01. The van der Waals surface area contributed by atoms with Crippen LogP contribution in [0.15, 0.2) is 24.4 Å². The Kier molecular flexibility index (Phi) is 4.15. The van der Waals surface area contributed by atoms with E-state index in [-0.39, 0.29) is 5.54 Å². The van der Waals surface area contributed by atoms with E-state index in [0.717, 1.165) is 30.7 Å². The highest BCUT2D eigenvalue weighted by Crippen LogP contribution is 2.23. The maximum Gasteiger partial charge on any atom is 0.120 e. The van der Waals surface area contributed by atoms with Gasteiger partial charge in [-0.1, -0.05) is 0 Å². The molecule has 0 saturated carbocycles. The smallest absolute Gasteiger partial charge is 0.120 e. The average Bonchev–Trinajstić information content (AvgIpc) is 2.75. The molecule has 0 fully saturated rings. The zero-order valence-electron chi connectivity index (χ0n) is 12.3. The molecule has 104 valence electrons. The van der Waals surface area contributed by atoms with Gasteiger partial charge in [0.15, 0.2) is 0 Å². The van der Waals surface area contributed by atoms with Crippen molar-refractivity contribution in [3.05, 3.63) is 30.0 Å². The lowest BCUT2D eigenvalue weighted by atomic mass is 10.1. The minimum atomic E-state index is 0.202. The van der Waals surface area contributed by atoms with E-state index in [1.807, 2.05) is 12.1 Å². The number of hydrogen-bond donors (Lipinski definition) is 2. The third-order valence-corrected chi connectivity index (χ3v) is 3.25. The van der Waals surface area contributed by atoms with Crippen molar-refractivity contribution in [3.63, 3.8) is 0 Å². The van der Waals surface area contributed by atoms with Crippen molar-refractivity contribution in [1.29, 1.82) is 0 Å². The molecule has 0 bridgehead atoms. The van der Waals surface area contributed by atoms with Crippen LogP contribution in [0.4, 0.5) is 0 Å². The van der Waals surface area contributed by atoms with Crippen LogP contribution in [0.2, 0.25) is 0 Å². The van der Waals surface area contributed by atoms with E-state index >= 15 is 0 Å². The van der Waals surface area contributed by atoms with Crippen LogP contribution >= 0.6 is 0 Å². The number of fused-ring (bicyclic) bond motifs is 1. The normalized spacial score (nSPS) is 12.0. The van der Waals surface area contributed by atoms with Crippen LogP contribution in [-0.2, 0) is 6.42 Å². The highest BCUT2D eigenvalue weighted by atomic mass is 16.5. The summed E-state index contributed by atoms with van der Waals surface area (Å²) in [6.45, 7) is 7.65. The first-order valence-electron chi connectivity index (χ1n) is 6.88. The van der Waals surface area contributed by atoms with Gasteiger partial charge >= 0.3 is 0 Å². The molecule has 0 saturated heterocycles. The number of methoxy groups -OCH3 is 1. The van der Waals surface area contributed by atoms with Crippen LogP contribution in [0.5, 0.6) is 5.75 Å². The summed E-state index contributed by atoms with van der Waals surface area (Å²) in [6.07, 6.45) is 4.35. The maximum atomic E-state index is 5.24. The van der Waals surface area contributed by atoms with E-state index < -0.39 is 0 Å². The lowest BCUT2D eigenvalue weighted by Gasteiger charge is -2.20. The monoisotopic (exact) mass is 260 g/mol. The molecule has 19 heavy (non-hydrogen) atoms. The molecule has 1 heterocycles. The molecule has 2 N–H and O–H groups in total. The van der Waals surface area contributed by atoms with Crippen molar-refractivity contribution in [2.75, 3.05) is 13.7 Å². The van der Waals surface area contributed by atoms with Gasteiger partial charge in [-0.15, -0.1) is 0 Å². The van der Waals surface area contributed by atoms with Crippen LogP contribution in [0.25, 0.3) is 10.9 Å². The molecule has 0 atom stereocenters.